The quantitative estimate of drug-likeness (QED) is 0.320. The van der Waals surface area contributed by atoms with E-state index >= 15 is 0 Å². The van der Waals surface area contributed by atoms with Crippen LogP contribution in [0.1, 0.15) is 25.3 Å². The van der Waals surface area contributed by atoms with Gasteiger partial charge < -0.3 is 21.3 Å². The number of primary amides is 1. The summed E-state index contributed by atoms with van der Waals surface area (Å²) in [6, 6.07) is 4.86. The fourth-order valence-corrected chi connectivity index (χ4v) is 2.81. The number of halogens is 3. The first-order chi connectivity index (χ1) is 11.5. The lowest BCUT2D eigenvalue weighted by Gasteiger charge is -2.32. The minimum Gasteiger partial charge on any atom is -0.357 e. The van der Waals surface area contributed by atoms with Crippen LogP contribution >= 0.6 is 39.9 Å². The fourth-order valence-electron chi connectivity index (χ4n) is 2.57. The molecule has 2 amide bonds. The maximum atomic E-state index is 13.6. The maximum Gasteiger partial charge on any atom is 0.314 e. The van der Waals surface area contributed by atoms with Gasteiger partial charge in [-0.2, -0.15) is 0 Å². The van der Waals surface area contributed by atoms with Gasteiger partial charge in [0.2, 0.25) is 0 Å². The highest BCUT2D eigenvalue weighted by Gasteiger charge is 2.21. The molecule has 0 saturated carbocycles. The predicted molar refractivity (Wildman–Crippen MR) is 112 cm³/mol. The Bertz CT molecular complexity index is 608. The van der Waals surface area contributed by atoms with Crippen LogP contribution in [0.25, 0.3) is 0 Å². The molecule has 0 bridgehead atoms. The number of likely N-dealkylation sites (tertiary alicyclic amines) is 1. The number of guanidine groups is 1. The van der Waals surface area contributed by atoms with Gasteiger partial charge in [0.1, 0.15) is 5.82 Å². The van der Waals surface area contributed by atoms with Crippen molar-refractivity contribution in [3.8, 4) is 0 Å². The molecule has 0 spiro atoms. The third kappa shape index (κ3) is 6.96. The van der Waals surface area contributed by atoms with Crippen LogP contribution < -0.4 is 16.4 Å². The number of benzene rings is 1. The zero-order chi connectivity index (χ0) is 17.5. The molecule has 0 atom stereocenters. The van der Waals surface area contributed by atoms with E-state index < -0.39 is 0 Å². The molecule has 1 aliphatic heterocycles. The Balaban J connectivity index is 0.00000312. The average Bonchev–Trinajstić information content (AvgIpc) is 2.56. The first-order valence-corrected chi connectivity index (χ1v) is 8.82. The summed E-state index contributed by atoms with van der Waals surface area (Å²) >= 11 is 3.14. The van der Waals surface area contributed by atoms with E-state index in [0.717, 1.165) is 24.9 Å². The van der Waals surface area contributed by atoms with Crippen LogP contribution in [0.2, 0.25) is 0 Å². The summed E-state index contributed by atoms with van der Waals surface area (Å²) in [6.45, 7) is 4.40. The third-order valence-corrected chi connectivity index (χ3v) is 4.54. The van der Waals surface area contributed by atoms with Crippen molar-refractivity contribution in [2.75, 3.05) is 19.6 Å². The van der Waals surface area contributed by atoms with E-state index in [9.17, 15) is 9.18 Å². The van der Waals surface area contributed by atoms with Crippen molar-refractivity contribution in [2.45, 2.75) is 32.4 Å². The van der Waals surface area contributed by atoms with Crippen molar-refractivity contribution in [3.05, 3.63) is 34.1 Å². The molecule has 0 radical (unpaired) electrons. The van der Waals surface area contributed by atoms with Gasteiger partial charge in [0.05, 0.1) is 11.0 Å². The van der Waals surface area contributed by atoms with Gasteiger partial charge in [-0.15, -0.1) is 24.0 Å². The second-order valence-electron chi connectivity index (χ2n) is 5.69. The Hall–Kier alpha value is -1.10. The molecule has 140 valence electrons. The van der Waals surface area contributed by atoms with Gasteiger partial charge in [0.15, 0.2) is 5.96 Å². The number of amides is 2. The SMILES string of the molecule is CCNC(=NCc1ccc(Br)c(F)c1)NC1CCN(C(N)=O)CC1.I. The van der Waals surface area contributed by atoms with Gasteiger partial charge in [-0.3, -0.25) is 0 Å². The fraction of sp³-hybridized carbons (Fsp3) is 0.500. The van der Waals surface area contributed by atoms with E-state index in [-0.39, 0.29) is 41.9 Å². The first-order valence-electron chi connectivity index (χ1n) is 8.02. The number of nitrogens with zero attached hydrogens (tertiary/aromatic N) is 2. The van der Waals surface area contributed by atoms with Gasteiger partial charge in [-0.25, -0.2) is 14.2 Å². The van der Waals surface area contributed by atoms with Gasteiger partial charge in [0.25, 0.3) is 0 Å². The highest BCUT2D eigenvalue weighted by Crippen LogP contribution is 2.17. The van der Waals surface area contributed by atoms with Crippen LogP contribution in [0.4, 0.5) is 9.18 Å². The van der Waals surface area contributed by atoms with Crippen molar-refractivity contribution >= 4 is 51.9 Å². The van der Waals surface area contributed by atoms with E-state index in [1.807, 2.05) is 13.0 Å². The zero-order valence-corrected chi connectivity index (χ0v) is 18.0. The summed E-state index contributed by atoms with van der Waals surface area (Å²) in [6.07, 6.45) is 1.64. The van der Waals surface area contributed by atoms with Crippen LogP contribution in [-0.2, 0) is 6.54 Å². The molecule has 6 nitrogen and oxygen atoms in total. The molecule has 1 aromatic rings. The molecule has 2 rings (SSSR count). The third-order valence-electron chi connectivity index (χ3n) is 3.90. The standard InChI is InChI=1S/C16H23BrFN5O.HI/c1-2-20-16(21-10-11-3-4-13(17)14(18)9-11)22-12-5-7-23(8-6-12)15(19)24;/h3-4,9,12H,2,5-8,10H2,1H3,(H2,19,24)(H2,20,21,22);1H. The first kappa shape index (κ1) is 21.9. The topological polar surface area (TPSA) is 82.8 Å². The van der Waals surface area contributed by atoms with Crippen LogP contribution in [0.3, 0.4) is 0 Å². The highest BCUT2D eigenvalue weighted by molar-refractivity contribution is 14.0. The summed E-state index contributed by atoms with van der Waals surface area (Å²) in [4.78, 5) is 17.3. The predicted octanol–water partition coefficient (Wildman–Crippen LogP) is 2.80. The van der Waals surface area contributed by atoms with E-state index in [0.29, 0.717) is 30.1 Å². The maximum absolute atomic E-state index is 13.6. The molecule has 1 heterocycles. The lowest BCUT2D eigenvalue weighted by Crippen LogP contribution is -2.50. The van der Waals surface area contributed by atoms with Crippen LogP contribution in [0.5, 0.6) is 0 Å². The minimum absolute atomic E-state index is 0. The number of urea groups is 1. The molecule has 1 aromatic carbocycles. The second kappa shape index (κ2) is 10.8. The Kier molecular flexibility index (Phi) is 9.47. The Labute approximate surface area is 173 Å². The monoisotopic (exact) mass is 527 g/mol. The lowest BCUT2D eigenvalue weighted by atomic mass is 10.1. The van der Waals surface area contributed by atoms with Gasteiger partial charge in [0, 0.05) is 25.7 Å². The number of aliphatic imine (C=N–C) groups is 1. The van der Waals surface area contributed by atoms with Crippen molar-refractivity contribution in [1.29, 1.82) is 0 Å². The molecule has 0 unspecified atom stereocenters. The summed E-state index contributed by atoms with van der Waals surface area (Å²) in [5.41, 5.74) is 6.10. The average molecular weight is 528 g/mol. The molecule has 1 aliphatic rings. The second-order valence-corrected chi connectivity index (χ2v) is 6.54. The molecule has 0 aliphatic carbocycles. The number of piperidine rings is 1. The summed E-state index contributed by atoms with van der Waals surface area (Å²) in [5, 5.41) is 6.56. The Morgan fingerprint density at radius 2 is 2.12 bits per heavy atom. The molecule has 1 saturated heterocycles. The number of rotatable bonds is 4. The summed E-state index contributed by atoms with van der Waals surface area (Å²) in [7, 11) is 0. The molecule has 9 heteroatoms. The number of carbonyl (C=O) groups excluding carboxylic acids is 1. The van der Waals surface area contributed by atoms with E-state index in [2.05, 4.69) is 31.6 Å². The Morgan fingerprint density at radius 3 is 2.68 bits per heavy atom. The van der Waals surface area contributed by atoms with Crippen molar-refractivity contribution in [3.63, 3.8) is 0 Å². The summed E-state index contributed by atoms with van der Waals surface area (Å²) < 4.78 is 14.0. The van der Waals surface area contributed by atoms with Crippen molar-refractivity contribution in [2.24, 2.45) is 10.7 Å². The smallest absolute Gasteiger partial charge is 0.314 e. The lowest BCUT2D eigenvalue weighted by molar-refractivity contribution is 0.188. The molecular formula is C16H24BrFIN5O. The Morgan fingerprint density at radius 1 is 1.44 bits per heavy atom. The molecule has 0 aromatic heterocycles. The minimum atomic E-state index is -0.369. The van der Waals surface area contributed by atoms with Gasteiger partial charge >= 0.3 is 6.03 Å². The van der Waals surface area contributed by atoms with E-state index in [1.54, 1.807) is 11.0 Å². The number of carbonyl (C=O) groups is 1. The van der Waals surface area contributed by atoms with Crippen LogP contribution in [-0.4, -0.2) is 42.6 Å². The number of hydrogen-bond donors (Lipinski definition) is 3. The largest absolute Gasteiger partial charge is 0.357 e. The van der Waals surface area contributed by atoms with Crippen LogP contribution in [0.15, 0.2) is 27.7 Å². The van der Waals surface area contributed by atoms with E-state index in [1.165, 1.54) is 6.07 Å². The van der Waals surface area contributed by atoms with Crippen LogP contribution in [0, 0.1) is 5.82 Å². The summed E-state index contributed by atoms with van der Waals surface area (Å²) in [5.74, 6) is 0.401. The van der Waals surface area contributed by atoms with Gasteiger partial charge in [-0.1, -0.05) is 6.07 Å². The number of nitrogens with two attached hydrogens (primary N) is 1. The zero-order valence-electron chi connectivity index (χ0n) is 14.1. The molecule has 4 N–H and O–H groups in total. The number of hydrogen-bond acceptors (Lipinski definition) is 2. The highest BCUT2D eigenvalue weighted by atomic mass is 127. The molecule has 1 fully saturated rings. The van der Waals surface area contributed by atoms with E-state index in [4.69, 9.17) is 5.73 Å². The molecular weight excluding hydrogens is 504 g/mol. The van der Waals surface area contributed by atoms with Crippen molar-refractivity contribution in [1.82, 2.24) is 15.5 Å². The van der Waals surface area contributed by atoms with Gasteiger partial charge in [-0.05, 0) is 53.4 Å². The van der Waals surface area contributed by atoms with Crippen molar-refractivity contribution < 1.29 is 9.18 Å². The normalized spacial score (nSPS) is 15.5. The number of nitrogens with one attached hydrogen (secondary N) is 2. The molecule has 25 heavy (non-hydrogen) atoms.